The maximum atomic E-state index is 12.7. The Labute approximate surface area is 231 Å². The van der Waals surface area contributed by atoms with Crippen molar-refractivity contribution in [2.24, 2.45) is 10.2 Å². The average Bonchev–Trinajstić information content (AvgIpc) is 2.96. The first-order valence-corrected chi connectivity index (χ1v) is 14.1. The molecule has 4 aromatic carbocycles. The third kappa shape index (κ3) is 8.78. The third-order valence-electron chi connectivity index (χ3n) is 6.73. The van der Waals surface area contributed by atoms with Gasteiger partial charge in [0.1, 0.15) is 11.5 Å². The topological polar surface area (TPSA) is 60.2 Å². The van der Waals surface area contributed by atoms with E-state index >= 15 is 0 Å². The SMILES string of the molecule is CCCCCCCCCCOc1ccc(C(=O)Oc2ccc(N=Nc3ccc4ccccc4c3)cc2C)cc1. The summed E-state index contributed by atoms with van der Waals surface area (Å²) in [6.07, 6.45) is 10.2. The highest BCUT2D eigenvalue weighted by Crippen LogP contribution is 2.27. The first-order valence-electron chi connectivity index (χ1n) is 14.1. The Morgan fingerprint density at radius 1 is 0.692 bits per heavy atom. The predicted molar refractivity (Wildman–Crippen MR) is 159 cm³/mol. The van der Waals surface area contributed by atoms with Crippen LogP contribution in [-0.2, 0) is 0 Å². The van der Waals surface area contributed by atoms with E-state index in [0.717, 1.165) is 28.8 Å². The molecule has 5 heteroatoms. The molecule has 0 N–H and O–H groups in total. The molecule has 0 atom stereocenters. The fourth-order valence-corrected chi connectivity index (χ4v) is 4.44. The second-order valence-corrected chi connectivity index (χ2v) is 9.92. The highest BCUT2D eigenvalue weighted by molar-refractivity contribution is 5.91. The number of hydrogen-bond acceptors (Lipinski definition) is 5. The quantitative estimate of drug-likeness (QED) is 0.0716. The standard InChI is InChI=1S/C34H38N2O3/c1-3-4-5-6-7-8-9-12-23-38-32-20-16-28(17-21-32)34(37)39-33-22-19-30(24-26(33)2)35-36-31-18-15-27-13-10-11-14-29(27)25-31/h10-11,13-22,24-25H,3-9,12,23H2,1-2H3. The molecule has 0 aliphatic carbocycles. The summed E-state index contributed by atoms with van der Waals surface area (Å²) in [7, 11) is 0. The van der Waals surface area contributed by atoms with Crippen LogP contribution in [-0.4, -0.2) is 12.6 Å². The van der Waals surface area contributed by atoms with Gasteiger partial charge in [-0.25, -0.2) is 4.79 Å². The summed E-state index contributed by atoms with van der Waals surface area (Å²) in [5, 5.41) is 11.0. The molecule has 0 bridgehead atoms. The molecular weight excluding hydrogens is 484 g/mol. The molecule has 0 fully saturated rings. The lowest BCUT2D eigenvalue weighted by Crippen LogP contribution is -2.09. The van der Waals surface area contributed by atoms with Crippen molar-refractivity contribution < 1.29 is 14.3 Å². The molecule has 0 amide bonds. The number of carbonyl (C=O) groups is 1. The lowest BCUT2D eigenvalue weighted by molar-refractivity contribution is 0.0733. The smallest absolute Gasteiger partial charge is 0.343 e. The van der Waals surface area contributed by atoms with Gasteiger partial charge in [0.15, 0.2) is 0 Å². The van der Waals surface area contributed by atoms with Crippen molar-refractivity contribution in [1.82, 2.24) is 0 Å². The van der Waals surface area contributed by atoms with Gasteiger partial charge in [-0.3, -0.25) is 0 Å². The minimum atomic E-state index is -0.404. The van der Waals surface area contributed by atoms with Crippen LogP contribution in [0.3, 0.4) is 0 Å². The maximum Gasteiger partial charge on any atom is 0.343 e. The Morgan fingerprint density at radius 2 is 1.33 bits per heavy atom. The van der Waals surface area contributed by atoms with Crippen molar-refractivity contribution in [3.63, 3.8) is 0 Å². The van der Waals surface area contributed by atoms with Crippen molar-refractivity contribution in [2.75, 3.05) is 6.61 Å². The zero-order valence-electron chi connectivity index (χ0n) is 23.1. The first kappa shape index (κ1) is 28.0. The Balaban J connectivity index is 1.23. The van der Waals surface area contributed by atoms with E-state index in [1.807, 2.05) is 55.5 Å². The number of esters is 1. The zero-order chi connectivity index (χ0) is 27.3. The molecule has 39 heavy (non-hydrogen) atoms. The first-order chi connectivity index (χ1) is 19.1. The number of aryl methyl sites for hydroxylation is 1. The molecule has 0 unspecified atom stereocenters. The number of fused-ring (bicyclic) bond motifs is 1. The summed E-state index contributed by atoms with van der Waals surface area (Å²) in [5.41, 5.74) is 2.77. The maximum absolute atomic E-state index is 12.7. The zero-order valence-corrected chi connectivity index (χ0v) is 23.1. The lowest BCUT2D eigenvalue weighted by Gasteiger charge is -2.09. The monoisotopic (exact) mass is 522 g/mol. The van der Waals surface area contributed by atoms with Gasteiger partial charge in [0.25, 0.3) is 0 Å². The van der Waals surface area contributed by atoms with E-state index in [1.54, 1.807) is 24.3 Å². The molecule has 0 spiro atoms. The number of nitrogens with zero attached hydrogens (tertiary/aromatic N) is 2. The fraction of sp³-hybridized carbons (Fsp3) is 0.324. The van der Waals surface area contributed by atoms with Crippen LogP contribution in [0.2, 0.25) is 0 Å². The van der Waals surface area contributed by atoms with E-state index in [1.165, 1.54) is 50.3 Å². The highest BCUT2D eigenvalue weighted by Gasteiger charge is 2.11. The van der Waals surface area contributed by atoms with E-state index in [-0.39, 0.29) is 0 Å². The normalized spacial score (nSPS) is 11.2. The minimum Gasteiger partial charge on any atom is -0.494 e. The summed E-state index contributed by atoms with van der Waals surface area (Å²) < 4.78 is 11.5. The molecular formula is C34H38N2O3. The number of carbonyl (C=O) groups excluding carboxylic acids is 1. The van der Waals surface area contributed by atoms with Crippen LogP contribution in [0.25, 0.3) is 10.8 Å². The van der Waals surface area contributed by atoms with Crippen LogP contribution in [0.4, 0.5) is 11.4 Å². The minimum absolute atomic E-state index is 0.404. The van der Waals surface area contributed by atoms with Gasteiger partial charge in [-0.05, 0) is 84.3 Å². The van der Waals surface area contributed by atoms with Gasteiger partial charge >= 0.3 is 5.97 Å². The van der Waals surface area contributed by atoms with Crippen LogP contribution in [0.1, 0.15) is 74.2 Å². The molecule has 0 aliphatic heterocycles. The van der Waals surface area contributed by atoms with Crippen LogP contribution in [0.15, 0.2) is 95.2 Å². The van der Waals surface area contributed by atoms with Crippen LogP contribution in [0.5, 0.6) is 11.5 Å². The van der Waals surface area contributed by atoms with Crippen molar-refractivity contribution in [3.8, 4) is 11.5 Å². The van der Waals surface area contributed by atoms with Gasteiger partial charge in [-0.15, -0.1) is 0 Å². The molecule has 0 saturated heterocycles. The van der Waals surface area contributed by atoms with Gasteiger partial charge in [-0.1, -0.05) is 82.2 Å². The molecule has 0 heterocycles. The van der Waals surface area contributed by atoms with Gasteiger partial charge in [0.05, 0.1) is 23.5 Å². The lowest BCUT2D eigenvalue weighted by atomic mass is 10.1. The average molecular weight is 523 g/mol. The summed E-state index contributed by atoms with van der Waals surface area (Å²) in [5.74, 6) is 0.866. The van der Waals surface area contributed by atoms with Crippen molar-refractivity contribution in [2.45, 2.75) is 65.2 Å². The molecule has 5 nitrogen and oxygen atoms in total. The van der Waals surface area contributed by atoms with E-state index < -0.39 is 5.97 Å². The van der Waals surface area contributed by atoms with E-state index in [9.17, 15) is 4.79 Å². The van der Waals surface area contributed by atoms with Crippen molar-refractivity contribution in [1.29, 1.82) is 0 Å². The molecule has 202 valence electrons. The van der Waals surface area contributed by atoms with Crippen molar-refractivity contribution in [3.05, 3.63) is 96.1 Å². The molecule has 0 radical (unpaired) electrons. The molecule has 0 aromatic heterocycles. The Bertz CT molecular complexity index is 1380. The molecule has 4 rings (SSSR count). The summed E-state index contributed by atoms with van der Waals surface area (Å²) in [6.45, 7) is 4.83. The number of rotatable bonds is 14. The number of azo groups is 1. The van der Waals surface area contributed by atoms with E-state index in [2.05, 4.69) is 29.3 Å². The predicted octanol–water partition coefficient (Wildman–Crippen LogP) is 10.3. The van der Waals surface area contributed by atoms with Gasteiger partial charge in [0, 0.05) is 0 Å². The summed E-state index contributed by atoms with van der Waals surface area (Å²) >= 11 is 0. The van der Waals surface area contributed by atoms with Crippen molar-refractivity contribution >= 4 is 28.1 Å². The number of ether oxygens (including phenoxy) is 2. The summed E-state index contributed by atoms with van der Waals surface area (Å²) in [4.78, 5) is 12.7. The molecule has 4 aromatic rings. The second kappa shape index (κ2) is 14.8. The van der Waals surface area contributed by atoms with Crippen LogP contribution >= 0.6 is 0 Å². The van der Waals surface area contributed by atoms with E-state index in [4.69, 9.17) is 9.47 Å². The number of hydrogen-bond donors (Lipinski definition) is 0. The second-order valence-electron chi connectivity index (χ2n) is 9.92. The Kier molecular flexibility index (Phi) is 10.6. The van der Waals surface area contributed by atoms with Crippen LogP contribution < -0.4 is 9.47 Å². The van der Waals surface area contributed by atoms with Gasteiger partial charge < -0.3 is 9.47 Å². The van der Waals surface area contributed by atoms with Crippen LogP contribution in [0, 0.1) is 6.92 Å². The number of unbranched alkanes of at least 4 members (excludes halogenated alkanes) is 7. The van der Waals surface area contributed by atoms with Gasteiger partial charge in [-0.2, -0.15) is 10.2 Å². The molecule has 0 saturated carbocycles. The fourth-order valence-electron chi connectivity index (χ4n) is 4.44. The highest BCUT2D eigenvalue weighted by atomic mass is 16.5. The Morgan fingerprint density at radius 3 is 2.05 bits per heavy atom. The molecule has 0 aliphatic rings. The third-order valence-corrected chi connectivity index (χ3v) is 6.73. The summed E-state index contributed by atoms with van der Waals surface area (Å²) in [6, 6.07) is 26.7. The van der Waals surface area contributed by atoms with Gasteiger partial charge in [0.2, 0.25) is 0 Å². The largest absolute Gasteiger partial charge is 0.494 e. The Hall–Kier alpha value is -3.99. The number of benzene rings is 4. The van der Waals surface area contributed by atoms with E-state index in [0.29, 0.717) is 23.6 Å².